The predicted octanol–water partition coefficient (Wildman–Crippen LogP) is 4.71. The average Bonchev–Trinajstić information content (AvgIpc) is 2.54. The van der Waals surface area contributed by atoms with Gasteiger partial charge in [0.05, 0.1) is 16.6 Å². The summed E-state index contributed by atoms with van der Waals surface area (Å²) in [6.45, 7) is 6.95. The number of fused-ring (bicyclic) bond motifs is 1. The van der Waals surface area contributed by atoms with Crippen molar-refractivity contribution in [1.82, 2.24) is 4.57 Å². The van der Waals surface area contributed by atoms with E-state index in [2.05, 4.69) is 0 Å². The molecule has 4 nitrogen and oxygen atoms in total. The molecule has 28 heavy (non-hydrogen) atoms. The molecule has 7 heteroatoms. The number of benzene rings is 2. The number of carboxylic acids is 1. The molecule has 1 heterocycles. The molecule has 146 valence electrons. The summed E-state index contributed by atoms with van der Waals surface area (Å²) in [7, 11) is 0. The zero-order valence-corrected chi connectivity index (χ0v) is 15.7. The Kier molecular flexibility index (Phi) is 4.57. The zero-order chi connectivity index (χ0) is 21.0. The molecule has 0 saturated heterocycles. The number of pyridine rings is 1. The molecule has 1 N–H and O–H groups in total. The van der Waals surface area contributed by atoms with Crippen molar-refractivity contribution in [2.24, 2.45) is 0 Å². The van der Waals surface area contributed by atoms with E-state index in [0.29, 0.717) is 17.2 Å². The zero-order valence-electron chi connectivity index (χ0n) is 15.7. The second-order valence-corrected chi connectivity index (χ2v) is 7.65. The Balaban J connectivity index is 2.60. The van der Waals surface area contributed by atoms with Crippen molar-refractivity contribution in [1.29, 1.82) is 0 Å². The molecule has 0 spiro atoms. The third-order valence-electron chi connectivity index (χ3n) is 4.63. The molecule has 0 aliphatic heterocycles. The summed E-state index contributed by atoms with van der Waals surface area (Å²) < 4.78 is 43.8. The maximum Gasteiger partial charge on any atom is 0.341 e. The van der Waals surface area contributed by atoms with Crippen LogP contribution in [0.2, 0.25) is 0 Å². The van der Waals surface area contributed by atoms with Crippen LogP contribution in [0.5, 0.6) is 0 Å². The van der Waals surface area contributed by atoms with Crippen LogP contribution >= 0.6 is 0 Å². The molecule has 0 aliphatic carbocycles. The summed E-state index contributed by atoms with van der Waals surface area (Å²) in [5.41, 5.74) is -1.42. The van der Waals surface area contributed by atoms with Gasteiger partial charge in [-0.1, -0.05) is 20.8 Å². The molecular weight excluding hydrogens is 371 g/mol. The van der Waals surface area contributed by atoms with Gasteiger partial charge in [0.15, 0.2) is 0 Å². The molecular formula is C21H18F3NO3. The number of halogens is 3. The van der Waals surface area contributed by atoms with Gasteiger partial charge in [-0.2, -0.15) is 0 Å². The minimum Gasteiger partial charge on any atom is -0.477 e. The fourth-order valence-electron chi connectivity index (χ4n) is 3.59. The third-order valence-corrected chi connectivity index (χ3v) is 4.63. The van der Waals surface area contributed by atoms with Crippen LogP contribution in [0.1, 0.15) is 42.3 Å². The number of carboxylic acid groups (broad SMARTS) is 1. The van der Waals surface area contributed by atoms with Gasteiger partial charge in [0, 0.05) is 12.3 Å². The van der Waals surface area contributed by atoms with Gasteiger partial charge in [0.25, 0.3) is 0 Å². The SMILES string of the molecule is Cc1c(C(C)(C)C)c(F)cc2c(=O)c(C(=O)O)cn(-c3ccc(F)cc3F)c12. The van der Waals surface area contributed by atoms with Crippen LogP contribution in [0.15, 0.2) is 35.3 Å². The maximum absolute atomic E-state index is 14.8. The highest BCUT2D eigenvalue weighted by atomic mass is 19.1. The first-order chi connectivity index (χ1) is 12.9. The molecule has 0 radical (unpaired) electrons. The largest absolute Gasteiger partial charge is 0.477 e. The number of aromatic carboxylic acids is 1. The van der Waals surface area contributed by atoms with Gasteiger partial charge < -0.3 is 9.67 Å². The molecule has 0 unspecified atom stereocenters. The van der Waals surface area contributed by atoms with Gasteiger partial charge in [-0.05, 0) is 41.7 Å². The lowest BCUT2D eigenvalue weighted by atomic mass is 9.82. The summed E-state index contributed by atoms with van der Waals surface area (Å²) in [6, 6.07) is 3.80. The number of aryl methyl sites for hydroxylation is 1. The van der Waals surface area contributed by atoms with Crippen molar-refractivity contribution in [3.63, 3.8) is 0 Å². The number of rotatable bonds is 2. The number of carbonyl (C=O) groups is 1. The summed E-state index contributed by atoms with van der Waals surface area (Å²) in [5.74, 6) is -3.92. The van der Waals surface area contributed by atoms with E-state index in [-0.39, 0.29) is 16.6 Å². The third kappa shape index (κ3) is 3.06. The topological polar surface area (TPSA) is 59.3 Å². The molecule has 3 rings (SSSR count). The molecule has 2 aromatic carbocycles. The fourth-order valence-corrected chi connectivity index (χ4v) is 3.59. The highest BCUT2D eigenvalue weighted by Crippen LogP contribution is 2.34. The van der Waals surface area contributed by atoms with Gasteiger partial charge in [0.2, 0.25) is 5.43 Å². The standard InChI is InChI=1S/C21H18F3NO3/c1-10-17(21(2,3)4)15(24)8-12-18(10)25(9-13(19(12)26)20(27)28)16-6-5-11(22)7-14(16)23/h5-9H,1-4H3,(H,27,28). The van der Waals surface area contributed by atoms with Crippen molar-refractivity contribution in [3.8, 4) is 5.69 Å². The highest BCUT2D eigenvalue weighted by Gasteiger charge is 2.26. The molecule has 0 aliphatic rings. The minimum absolute atomic E-state index is 0.150. The molecule has 3 aromatic rings. The Morgan fingerprint density at radius 3 is 2.25 bits per heavy atom. The summed E-state index contributed by atoms with van der Waals surface area (Å²) in [6.07, 6.45) is 0.987. The Hall–Kier alpha value is -3.09. The van der Waals surface area contributed by atoms with E-state index in [1.165, 1.54) is 4.57 Å². The van der Waals surface area contributed by atoms with Crippen LogP contribution in [0.3, 0.4) is 0 Å². The van der Waals surface area contributed by atoms with Gasteiger partial charge in [-0.25, -0.2) is 18.0 Å². The van der Waals surface area contributed by atoms with Crippen molar-refractivity contribution in [3.05, 3.63) is 74.8 Å². The lowest BCUT2D eigenvalue weighted by Crippen LogP contribution is -2.22. The minimum atomic E-state index is -1.53. The number of hydrogen-bond acceptors (Lipinski definition) is 2. The van der Waals surface area contributed by atoms with Crippen molar-refractivity contribution < 1.29 is 23.1 Å². The Morgan fingerprint density at radius 1 is 1.07 bits per heavy atom. The van der Waals surface area contributed by atoms with E-state index in [9.17, 15) is 27.9 Å². The summed E-state index contributed by atoms with van der Waals surface area (Å²) in [4.78, 5) is 24.2. The first-order valence-electron chi connectivity index (χ1n) is 8.51. The smallest absolute Gasteiger partial charge is 0.341 e. The molecule has 0 amide bonds. The van der Waals surface area contributed by atoms with E-state index in [1.807, 2.05) is 0 Å². The van der Waals surface area contributed by atoms with Crippen molar-refractivity contribution in [2.45, 2.75) is 33.1 Å². The molecule has 0 atom stereocenters. The fraction of sp³-hybridized carbons (Fsp3) is 0.238. The van der Waals surface area contributed by atoms with E-state index in [0.717, 1.165) is 24.4 Å². The monoisotopic (exact) mass is 389 g/mol. The quantitative estimate of drug-likeness (QED) is 0.690. The Morgan fingerprint density at radius 2 is 1.71 bits per heavy atom. The normalized spacial score (nSPS) is 11.8. The summed E-state index contributed by atoms with van der Waals surface area (Å²) >= 11 is 0. The first kappa shape index (κ1) is 19.7. The van der Waals surface area contributed by atoms with Crippen molar-refractivity contribution in [2.75, 3.05) is 0 Å². The van der Waals surface area contributed by atoms with E-state index < -0.39 is 39.8 Å². The average molecular weight is 389 g/mol. The van der Waals surface area contributed by atoms with Crippen LogP contribution in [-0.4, -0.2) is 15.6 Å². The second-order valence-electron chi connectivity index (χ2n) is 7.65. The lowest BCUT2D eigenvalue weighted by Gasteiger charge is -2.25. The van der Waals surface area contributed by atoms with Crippen LogP contribution in [0.4, 0.5) is 13.2 Å². The van der Waals surface area contributed by atoms with E-state index >= 15 is 0 Å². The Bertz CT molecular complexity index is 1190. The van der Waals surface area contributed by atoms with Gasteiger partial charge in [-0.3, -0.25) is 4.79 Å². The number of aromatic nitrogens is 1. The second kappa shape index (κ2) is 6.51. The summed E-state index contributed by atoms with van der Waals surface area (Å²) in [5, 5.41) is 9.18. The van der Waals surface area contributed by atoms with Crippen LogP contribution in [-0.2, 0) is 5.41 Å². The maximum atomic E-state index is 14.8. The van der Waals surface area contributed by atoms with Crippen LogP contribution in [0.25, 0.3) is 16.6 Å². The van der Waals surface area contributed by atoms with Gasteiger partial charge in [0.1, 0.15) is 23.0 Å². The van der Waals surface area contributed by atoms with Gasteiger partial charge in [-0.15, -0.1) is 0 Å². The van der Waals surface area contributed by atoms with E-state index in [4.69, 9.17) is 0 Å². The molecule has 1 aromatic heterocycles. The van der Waals surface area contributed by atoms with Crippen LogP contribution < -0.4 is 5.43 Å². The molecule has 0 saturated carbocycles. The van der Waals surface area contributed by atoms with Crippen LogP contribution in [0, 0.1) is 24.4 Å². The lowest BCUT2D eigenvalue weighted by molar-refractivity contribution is 0.0695. The van der Waals surface area contributed by atoms with Gasteiger partial charge >= 0.3 is 5.97 Å². The van der Waals surface area contributed by atoms with E-state index in [1.54, 1.807) is 27.7 Å². The first-order valence-corrected chi connectivity index (χ1v) is 8.51. The number of hydrogen-bond donors (Lipinski definition) is 1. The highest BCUT2D eigenvalue weighted by molar-refractivity contribution is 5.94. The molecule has 0 bridgehead atoms. The predicted molar refractivity (Wildman–Crippen MR) is 99.8 cm³/mol. The van der Waals surface area contributed by atoms with Crippen molar-refractivity contribution >= 4 is 16.9 Å². The number of nitrogens with zero attached hydrogens (tertiary/aromatic N) is 1. The molecule has 0 fully saturated rings. The Labute approximate surface area is 158 Å².